The topological polar surface area (TPSA) is 90.1 Å². The predicted octanol–water partition coefficient (Wildman–Crippen LogP) is 1.98. The van der Waals surface area contributed by atoms with Gasteiger partial charge in [0.2, 0.25) is 5.91 Å². The lowest BCUT2D eigenvalue weighted by molar-refractivity contribution is -0.132. The van der Waals surface area contributed by atoms with Crippen molar-refractivity contribution in [1.82, 2.24) is 10.2 Å². The number of hydrogen-bond acceptors (Lipinski definition) is 5. The smallest absolute Gasteiger partial charge is 0.225 e. The molecule has 2 aromatic rings. The van der Waals surface area contributed by atoms with Crippen molar-refractivity contribution in [3.8, 4) is 11.3 Å². The van der Waals surface area contributed by atoms with Crippen LogP contribution in [-0.4, -0.2) is 35.9 Å². The van der Waals surface area contributed by atoms with E-state index in [1.807, 2.05) is 0 Å². The van der Waals surface area contributed by atoms with Crippen molar-refractivity contribution in [2.75, 3.05) is 25.1 Å². The second kappa shape index (κ2) is 6.92. The third kappa shape index (κ3) is 3.51. The number of ether oxygens (including phenoxy) is 1. The fourth-order valence-electron chi connectivity index (χ4n) is 2.73. The molecule has 2 heterocycles. The van der Waals surface area contributed by atoms with Crippen LogP contribution in [0.15, 0.2) is 36.4 Å². The number of aromatic nitrogens is 2. The second-order valence-electron chi connectivity index (χ2n) is 5.92. The van der Waals surface area contributed by atoms with Gasteiger partial charge >= 0.3 is 0 Å². The molecule has 126 valence electrons. The zero-order valence-corrected chi connectivity index (χ0v) is 13.2. The average Bonchev–Trinajstić information content (AvgIpc) is 2.62. The summed E-state index contributed by atoms with van der Waals surface area (Å²) in [6.07, 6.45) is 1.19. The number of nitrogens with two attached hydrogens (primary N) is 1. The van der Waals surface area contributed by atoms with Crippen molar-refractivity contribution >= 4 is 11.7 Å². The fourth-order valence-corrected chi connectivity index (χ4v) is 2.73. The van der Waals surface area contributed by atoms with E-state index in [1.54, 1.807) is 24.3 Å². The van der Waals surface area contributed by atoms with Gasteiger partial charge in [-0.25, -0.2) is 4.39 Å². The molecule has 7 heteroatoms. The third-order valence-corrected chi connectivity index (χ3v) is 4.39. The molecule has 6 nitrogen and oxygen atoms in total. The number of carbonyl (C=O) groups excluding carboxylic acids is 1. The predicted molar refractivity (Wildman–Crippen MR) is 87.6 cm³/mol. The van der Waals surface area contributed by atoms with E-state index in [2.05, 4.69) is 15.5 Å². The summed E-state index contributed by atoms with van der Waals surface area (Å²) in [5.74, 6) is -0.0552. The standard InChI is InChI=1S/C17H19FN4O2/c18-13-3-1-12(2-4-13)14-5-6-15(22-21-14)20-11-17(16(19)23)7-9-24-10-8-17/h1-6H,7-11H2,(H2,19,23)(H,20,22). The SMILES string of the molecule is NC(=O)C1(CNc2ccc(-c3ccc(F)cc3)nn2)CCOCC1. The van der Waals surface area contributed by atoms with Gasteiger partial charge in [0.1, 0.15) is 11.6 Å². The summed E-state index contributed by atoms with van der Waals surface area (Å²) < 4.78 is 18.3. The van der Waals surface area contributed by atoms with Crippen molar-refractivity contribution < 1.29 is 13.9 Å². The van der Waals surface area contributed by atoms with E-state index in [1.165, 1.54) is 12.1 Å². The number of primary amides is 1. The summed E-state index contributed by atoms with van der Waals surface area (Å²) in [5, 5.41) is 11.4. The van der Waals surface area contributed by atoms with E-state index < -0.39 is 5.41 Å². The van der Waals surface area contributed by atoms with Crippen LogP contribution < -0.4 is 11.1 Å². The van der Waals surface area contributed by atoms with Gasteiger partial charge < -0.3 is 15.8 Å². The Labute approximate surface area is 139 Å². The van der Waals surface area contributed by atoms with Gasteiger partial charge in [-0.2, -0.15) is 0 Å². The minimum atomic E-state index is -0.616. The highest BCUT2D eigenvalue weighted by Gasteiger charge is 2.38. The molecule has 0 radical (unpaired) electrons. The molecular formula is C17H19FN4O2. The molecule has 1 aromatic carbocycles. The van der Waals surface area contributed by atoms with Crippen molar-refractivity contribution in [2.45, 2.75) is 12.8 Å². The second-order valence-corrected chi connectivity index (χ2v) is 5.92. The van der Waals surface area contributed by atoms with Crippen LogP contribution >= 0.6 is 0 Å². The van der Waals surface area contributed by atoms with Crippen LogP contribution in [0.25, 0.3) is 11.3 Å². The lowest BCUT2D eigenvalue weighted by Crippen LogP contribution is -2.46. The van der Waals surface area contributed by atoms with Crippen LogP contribution in [0.3, 0.4) is 0 Å². The number of benzene rings is 1. The van der Waals surface area contributed by atoms with Crippen molar-refractivity contribution in [1.29, 1.82) is 0 Å². The summed E-state index contributed by atoms with van der Waals surface area (Å²) >= 11 is 0. The summed E-state index contributed by atoms with van der Waals surface area (Å²) in [6, 6.07) is 9.63. The van der Waals surface area contributed by atoms with E-state index >= 15 is 0 Å². The van der Waals surface area contributed by atoms with Crippen LogP contribution in [-0.2, 0) is 9.53 Å². The summed E-state index contributed by atoms with van der Waals surface area (Å²) in [4.78, 5) is 11.8. The molecule has 0 unspecified atom stereocenters. The molecule has 0 spiro atoms. The largest absolute Gasteiger partial charge is 0.381 e. The van der Waals surface area contributed by atoms with Gasteiger partial charge in [-0.15, -0.1) is 10.2 Å². The number of rotatable bonds is 5. The first kappa shape index (κ1) is 16.3. The Kier molecular flexibility index (Phi) is 4.71. The van der Waals surface area contributed by atoms with Crippen molar-refractivity contribution in [3.63, 3.8) is 0 Å². The van der Waals surface area contributed by atoms with Gasteiger partial charge in [0.15, 0.2) is 0 Å². The van der Waals surface area contributed by atoms with Crippen molar-refractivity contribution in [2.24, 2.45) is 11.1 Å². The Balaban J connectivity index is 1.67. The maximum absolute atomic E-state index is 13.0. The lowest BCUT2D eigenvalue weighted by atomic mass is 9.79. The highest BCUT2D eigenvalue weighted by atomic mass is 19.1. The van der Waals surface area contributed by atoms with Crippen LogP contribution in [0.4, 0.5) is 10.2 Å². The molecule has 0 bridgehead atoms. The molecular weight excluding hydrogens is 311 g/mol. The number of hydrogen-bond donors (Lipinski definition) is 2. The molecule has 1 amide bonds. The molecule has 0 aliphatic carbocycles. The molecule has 0 saturated carbocycles. The number of amides is 1. The Morgan fingerprint density at radius 2 is 1.88 bits per heavy atom. The summed E-state index contributed by atoms with van der Waals surface area (Å²) in [5.41, 5.74) is 6.40. The number of nitrogens with zero attached hydrogens (tertiary/aromatic N) is 2. The first-order chi connectivity index (χ1) is 11.6. The van der Waals surface area contributed by atoms with E-state index in [-0.39, 0.29) is 11.7 Å². The van der Waals surface area contributed by atoms with E-state index in [9.17, 15) is 9.18 Å². The Bertz CT molecular complexity index is 698. The summed E-state index contributed by atoms with van der Waals surface area (Å²) in [6.45, 7) is 1.45. The minimum Gasteiger partial charge on any atom is -0.381 e. The fraction of sp³-hybridized carbons (Fsp3) is 0.353. The number of carbonyl (C=O) groups is 1. The highest BCUT2D eigenvalue weighted by molar-refractivity contribution is 5.81. The molecule has 3 rings (SSSR count). The van der Waals surface area contributed by atoms with Gasteiger partial charge in [-0.3, -0.25) is 4.79 Å². The molecule has 24 heavy (non-hydrogen) atoms. The van der Waals surface area contributed by atoms with Crippen LogP contribution in [0.5, 0.6) is 0 Å². The maximum Gasteiger partial charge on any atom is 0.225 e. The minimum absolute atomic E-state index is 0.293. The number of nitrogens with one attached hydrogen (secondary N) is 1. The van der Waals surface area contributed by atoms with Gasteiger partial charge in [-0.05, 0) is 49.2 Å². The molecule has 1 saturated heterocycles. The number of halogens is 1. The maximum atomic E-state index is 13.0. The van der Waals surface area contributed by atoms with Gasteiger partial charge in [-0.1, -0.05) is 0 Å². The molecule has 0 atom stereocenters. The van der Waals surface area contributed by atoms with Crippen LogP contribution in [0.2, 0.25) is 0 Å². The Hall–Kier alpha value is -2.54. The number of anilines is 1. The zero-order chi connectivity index (χ0) is 17.0. The zero-order valence-electron chi connectivity index (χ0n) is 13.2. The first-order valence-electron chi connectivity index (χ1n) is 7.80. The summed E-state index contributed by atoms with van der Waals surface area (Å²) in [7, 11) is 0. The molecule has 1 fully saturated rings. The Morgan fingerprint density at radius 3 is 2.46 bits per heavy atom. The highest BCUT2D eigenvalue weighted by Crippen LogP contribution is 2.30. The van der Waals surface area contributed by atoms with Crippen LogP contribution in [0, 0.1) is 11.2 Å². The third-order valence-electron chi connectivity index (χ3n) is 4.39. The monoisotopic (exact) mass is 330 g/mol. The van der Waals surface area contributed by atoms with E-state index in [0.717, 1.165) is 5.56 Å². The quantitative estimate of drug-likeness (QED) is 0.875. The molecule has 3 N–H and O–H groups in total. The van der Waals surface area contributed by atoms with Crippen LogP contribution in [0.1, 0.15) is 12.8 Å². The molecule has 1 aromatic heterocycles. The average molecular weight is 330 g/mol. The molecule has 1 aliphatic rings. The normalized spacial score (nSPS) is 16.5. The van der Waals surface area contributed by atoms with Gasteiger partial charge in [0.05, 0.1) is 11.1 Å². The lowest BCUT2D eigenvalue weighted by Gasteiger charge is -2.34. The first-order valence-corrected chi connectivity index (χ1v) is 7.80. The molecule has 1 aliphatic heterocycles. The van der Waals surface area contributed by atoms with Crippen molar-refractivity contribution in [3.05, 3.63) is 42.2 Å². The Morgan fingerprint density at radius 1 is 1.17 bits per heavy atom. The van der Waals surface area contributed by atoms with Gasteiger partial charge in [0, 0.05) is 25.3 Å². The van der Waals surface area contributed by atoms with E-state index in [4.69, 9.17) is 10.5 Å². The van der Waals surface area contributed by atoms with E-state index in [0.29, 0.717) is 44.1 Å². The van der Waals surface area contributed by atoms with Gasteiger partial charge in [0.25, 0.3) is 0 Å².